The molecule has 2 aliphatic heterocycles. The molecule has 0 radical (unpaired) electrons. The van der Waals surface area contributed by atoms with E-state index in [4.69, 9.17) is 28.8 Å². The van der Waals surface area contributed by atoms with E-state index in [-0.39, 0.29) is 62.4 Å². The van der Waals surface area contributed by atoms with E-state index in [0.29, 0.717) is 49.5 Å². The molecule has 0 saturated carbocycles. The highest BCUT2D eigenvalue weighted by molar-refractivity contribution is 7.93. The zero-order valence-corrected chi connectivity index (χ0v) is 50.3. The minimum Gasteiger partial charge on any atom is -0.459 e. The number of likely N-dealkylation sites (tertiary alicyclic amines) is 1. The number of imidazole rings is 1. The second kappa shape index (κ2) is 28.5. The fourth-order valence-electron chi connectivity index (χ4n) is 10.8. The summed E-state index contributed by atoms with van der Waals surface area (Å²) in [5.41, 5.74) is 3.55. The highest BCUT2D eigenvalue weighted by Crippen LogP contribution is 2.42. The number of carbonyl (C=O) groups is 5. The van der Waals surface area contributed by atoms with Gasteiger partial charge in [0.05, 0.1) is 23.5 Å². The normalized spacial score (nSPS) is 16.3. The first kappa shape index (κ1) is 63.3. The number of carbonyl (C=O) groups excluding carboxylic acids is 5. The van der Waals surface area contributed by atoms with Gasteiger partial charge in [-0.25, -0.2) is 28.5 Å². The molecule has 452 valence electrons. The topological polar surface area (TPSA) is 223 Å². The summed E-state index contributed by atoms with van der Waals surface area (Å²) in [5.74, 6) is -1.07. The van der Waals surface area contributed by atoms with Crippen LogP contribution in [0, 0.1) is 0 Å². The van der Waals surface area contributed by atoms with Gasteiger partial charge in [0, 0.05) is 45.2 Å². The zero-order chi connectivity index (χ0) is 60.7. The van der Waals surface area contributed by atoms with Crippen molar-refractivity contribution in [3.05, 3.63) is 181 Å². The van der Waals surface area contributed by atoms with Crippen molar-refractivity contribution in [3.63, 3.8) is 0 Å². The van der Waals surface area contributed by atoms with E-state index in [2.05, 4.69) is 57.1 Å². The van der Waals surface area contributed by atoms with Gasteiger partial charge in [-0.05, 0) is 133 Å². The lowest BCUT2D eigenvalue weighted by molar-refractivity contribution is -0.202. The van der Waals surface area contributed by atoms with E-state index in [1.165, 1.54) is 29.2 Å². The van der Waals surface area contributed by atoms with Crippen molar-refractivity contribution in [1.29, 1.82) is 0 Å². The van der Waals surface area contributed by atoms with Crippen molar-refractivity contribution in [2.45, 2.75) is 157 Å². The Bertz CT molecular complexity index is 3170. The molecule has 2 aliphatic rings. The number of rotatable bonds is 25. The Kier molecular flexibility index (Phi) is 21.2. The first-order valence-electron chi connectivity index (χ1n) is 29.3. The standard InChI is InChI=1S/C66H80N6O12S/c1-63(2,3)82-60(75)57(44-51-46-72(47-68-51)66(48-24-12-7-13-25-48,49-26-14-8-15-27-49)50-28-16-9-17-29-50)67-45-52(73)30-18-10-21-33-56(69-62(77)83-64(4,5)6)59(74)71-41-39-65(40-42-71,61(76)70-84-58-34-22-23-43-80-58)85(78,79)55-37-35-54(36-38-55)81-53-31-19-11-20-32-53/h7-9,11-17,19-20,24-29,31-32,35-38,46-47,56-58,67H,10,18,21-23,30,33-34,39-45H2,1-6H3,(H,69,77)(H,70,76)/t56-,57-,58?/m0/s1. The van der Waals surface area contributed by atoms with Crippen LogP contribution in [0.1, 0.15) is 128 Å². The molecule has 3 N–H and O–H groups in total. The number of hydrogen-bond acceptors (Lipinski definition) is 14. The van der Waals surface area contributed by atoms with E-state index >= 15 is 0 Å². The van der Waals surface area contributed by atoms with Gasteiger partial charge in [0.2, 0.25) is 5.91 Å². The number of amides is 3. The van der Waals surface area contributed by atoms with E-state index in [1.807, 2.05) is 79.0 Å². The number of unbranched alkanes of at least 4 members (excludes halogenated alkanes) is 2. The third-order valence-corrected chi connectivity index (χ3v) is 17.5. The number of hydrogen-bond donors (Lipinski definition) is 3. The molecule has 3 heterocycles. The number of alkyl carbamates (subject to hydrolysis) is 1. The molecule has 5 aromatic carbocycles. The number of aromatic nitrogens is 2. The number of esters is 1. The van der Waals surface area contributed by atoms with Gasteiger partial charge in [-0.3, -0.25) is 24.5 Å². The van der Waals surface area contributed by atoms with Crippen LogP contribution < -0.4 is 20.9 Å². The van der Waals surface area contributed by atoms with Gasteiger partial charge in [0.25, 0.3) is 5.91 Å². The van der Waals surface area contributed by atoms with Gasteiger partial charge in [0.15, 0.2) is 20.9 Å². The molecule has 2 fully saturated rings. The molecule has 1 aromatic heterocycles. The molecular formula is C66H80N6O12S. The minimum absolute atomic E-state index is 0.115. The third-order valence-electron chi connectivity index (χ3n) is 15.0. The van der Waals surface area contributed by atoms with E-state index in [1.54, 1.807) is 60.0 Å². The molecule has 3 atom stereocenters. The number of nitrogens with zero attached hydrogens (tertiary/aromatic N) is 3. The summed E-state index contributed by atoms with van der Waals surface area (Å²) in [5, 5.41) is 5.92. The van der Waals surface area contributed by atoms with Crippen LogP contribution in [0.5, 0.6) is 11.5 Å². The van der Waals surface area contributed by atoms with Crippen LogP contribution in [0.2, 0.25) is 0 Å². The molecule has 2 saturated heterocycles. The summed E-state index contributed by atoms with van der Waals surface area (Å²) in [6.07, 6.45) is 5.60. The summed E-state index contributed by atoms with van der Waals surface area (Å²) < 4.78 is 52.5. The molecule has 0 bridgehead atoms. The first-order valence-corrected chi connectivity index (χ1v) is 30.8. The highest BCUT2D eigenvalue weighted by atomic mass is 32.2. The molecule has 0 aliphatic carbocycles. The van der Waals surface area contributed by atoms with Gasteiger partial charge in [-0.1, -0.05) is 122 Å². The van der Waals surface area contributed by atoms with Gasteiger partial charge in [-0.15, -0.1) is 0 Å². The summed E-state index contributed by atoms with van der Waals surface area (Å²) in [4.78, 5) is 81.4. The number of nitrogens with one attached hydrogen (secondary N) is 3. The van der Waals surface area contributed by atoms with Crippen LogP contribution >= 0.6 is 0 Å². The van der Waals surface area contributed by atoms with Crippen molar-refractivity contribution < 1.29 is 56.2 Å². The van der Waals surface area contributed by atoms with Crippen molar-refractivity contribution in [1.82, 2.24) is 30.6 Å². The van der Waals surface area contributed by atoms with Gasteiger partial charge in [0.1, 0.15) is 46.1 Å². The largest absolute Gasteiger partial charge is 0.459 e. The zero-order valence-electron chi connectivity index (χ0n) is 49.5. The van der Waals surface area contributed by atoms with Crippen LogP contribution in [-0.2, 0) is 60.0 Å². The van der Waals surface area contributed by atoms with Gasteiger partial charge in [-0.2, -0.15) is 0 Å². The van der Waals surface area contributed by atoms with Crippen LogP contribution in [0.4, 0.5) is 4.79 Å². The molecular weight excluding hydrogens is 1100 g/mol. The van der Waals surface area contributed by atoms with Crippen molar-refractivity contribution in [3.8, 4) is 11.5 Å². The number of ether oxygens (including phenoxy) is 4. The Balaban J connectivity index is 0.913. The number of piperidine rings is 1. The average Bonchev–Trinajstić information content (AvgIpc) is 1.72. The van der Waals surface area contributed by atoms with E-state index in [9.17, 15) is 32.4 Å². The lowest BCUT2D eigenvalue weighted by Gasteiger charge is -2.41. The Labute approximate surface area is 499 Å². The molecule has 3 amide bonds. The Morgan fingerprint density at radius 3 is 1.81 bits per heavy atom. The van der Waals surface area contributed by atoms with Crippen LogP contribution in [0.15, 0.2) is 163 Å². The molecule has 0 spiro atoms. The predicted molar refractivity (Wildman–Crippen MR) is 321 cm³/mol. The SMILES string of the molecule is CC(C)(C)OC(=O)N[C@@H](CCCCCC(=O)CN[C@@H](Cc1cn(C(c2ccccc2)(c2ccccc2)c2ccccc2)cn1)C(=O)OC(C)(C)C)C(=O)N1CCC(C(=O)NOC2CCCCO2)(S(=O)(=O)c2ccc(Oc3ccccc3)cc2)CC1. The first-order chi connectivity index (χ1) is 40.7. The van der Waals surface area contributed by atoms with Gasteiger partial charge < -0.3 is 33.7 Å². The second-order valence-corrected chi connectivity index (χ2v) is 25.9. The molecule has 8 rings (SSSR count). The third kappa shape index (κ3) is 16.4. The Morgan fingerprint density at radius 2 is 1.26 bits per heavy atom. The second-order valence-electron chi connectivity index (χ2n) is 23.6. The monoisotopic (exact) mass is 1180 g/mol. The number of ketones is 1. The van der Waals surface area contributed by atoms with E-state index < -0.39 is 73.6 Å². The molecule has 6 aromatic rings. The molecule has 85 heavy (non-hydrogen) atoms. The van der Waals surface area contributed by atoms with Crippen LogP contribution in [0.3, 0.4) is 0 Å². The van der Waals surface area contributed by atoms with Crippen molar-refractivity contribution >= 4 is 39.5 Å². The maximum Gasteiger partial charge on any atom is 0.408 e. The number of para-hydroxylation sites is 1. The van der Waals surface area contributed by atoms with Gasteiger partial charge >= 0.3 is 12.1 Å². The summed E-state index contributed by atoms with van der Waals surface area (Å²) in [7, 11) is -4.44. The molecule has 1 unspecified atom stereocenters. The summed E-state index contributed by atoms with van der Waals surface area (Å²) >= 11 is 0. The number of sulfone groups is 1. The number of Topliss-reactive ketones (excluding diaryl/α,β-unsaturated/α-hetero) is 1. The highest BCUT2D eigenvalue weighted by Gasteiger charge is 2.54. The quantitative estimate of drug-likeness (QED) is 0.0210. The maximum atomic E-state index is 14.8. The maximum absolute atomic E-state index is 14.8. The number of benzene rings is 5. The molecule has 18 nitrogen and oxygen atoms in total. The minimum atomic E-state index is -4.44. The Hall–Kier alpha value is -7.71. The molecule has 19 heteroatoms. The average molecular weight is 1180 g/mol. The smallest absolute Gasteiger partial charge is 0.408 e. The summed E-state index contributed by atoms with van der Waals surface area (Å²) in [6, 6.07) is 43.4. The fourth-order valence-corrected chi connectivity index (χ4v) is 12.8. The lowest BCUT2D eigenvalue weighted by Crippen LogP contribution is -2.60. The van der Waals surface area contributed by atoms with Crippen molar-refractivity contribution in [2.24, 2.45) is 0 Å². The summed E-state index contributed by atoms with van der Waals surface area (Å²) in [6.45, 7) is 10.5. The lowest BCUT2D eigenvalue weighted by atomic mass is 9.77. The predicted octanol–water partition coefficient (Wildman–Crippen LogP) is 10.2. The fraction of sp³-hybridized carbons (Fsp3) is 0.424. The number of hydroxylamine groups is 1. The Morgan fingerprint density at radius 1 is 0.694 bits per heavy atom. The van der Waals surface area contributed by atoms with E-state index in [0.717, 1.165) is 29.5 Å². The van der Waals surface area contributed by atoms with Crippen LogP contribution in [-0.4, -0.2) is 113 Å². The van der Waals surface area contributed by atoms with Crippen molar-refractivity contribution in [2.75, 3.05) is 26.2 Å². The van der Waals surface area contributed by atoms with Crippen LogP contribution in [0.25, 0.3) is 0 Å².